The van der Waals surface area contributed by atoms with Crippen molar-refractivity contribution in [1.82, 2.24) is 15.2 Å². The van der Waals surface area contributed by atoms with Crippen molar-refractivity contribution >= 4 is 26.8 Å². The van der Waals surface area contributed by atoms with E-state index in [0.29, 0.717) is 10.7 Å². The lowest BCUT2D eigenvalue weighted by Crippen LogP contribution is -1.84. The first-order valence-corrected chi connectivity index (χ1v) is 5.47. The Hall–Kier alpha value is -1.75. The zero-order valence-corrected chi connectivity index (χ0v) is 9.68. The van der Waals surface area contributed by atoms with Crippen LogP contribution in [0.1, 0.15) is 0 Å². The SMILES string of the molecule is Brc1nnc(-c2cccc3cccnc23)o1. The molecule has 0 aliphatic heterocycles. The first kappa shape index (κ1) is 9.47. The maximum absolute atomic E-state index is 5.33. The summed E-state index contributed by atoms with van der Waals surface area (Å²) in [7, 11) is 0. The van der Waals surface area contributed by atoms with E-state index in [1.165, 1.54) is 0 Å². The van der Waals surface area contributed by atoms with Gasteiger partial charge in [-0.3, -0.25) is 4.98 Å². The highest BCUT2D eigenvalue weighted by atomic mass is 79.9. The van der Waals surface area contributed by atoms with Crippen LogP contribution < -0.4 is 0 Å². The van der Waals surface area contributed by atoms with Crippen molar-refractivity contribution in [3.8, 4) is 11.5 Å². The molecule has 16 heavy (non-hydrogen) atoms. The van der Waals surface area contributed by atoms with Crippen molar-refractivity contribution in [2.24, 2.45) is 0 Å². The third kappa shape index (κ3) is 1.49. The molecule has 0 atom stereocenters. The van der Waals surface area contributed by atoms with Gasteiger partial charge >= 0.3 is 0 Å². The smallest absolute Gasteiger partial charge is 0.285 e. The number of halogens is 1. The van der Waals surface area contributed by atoms with Crippen LogP contribution in [0.5, 0.6) is 0 Å². The minimum absolute atomic E-state index is 0.371. The van der Waals surface area contributed by atoms with E-state index in [4.69, 9.17) is 4.42 Å². The second kappa shape index (κ2) is 3.68. The third-order valence-electron chi connectivity index (χ3n) is 2.26. The number of hydrogen-bond donors (Lipinski definition) is 0. The fourth-order valence-corrected chi connectivity index (χ4v) is 1.82. The normalized spacial score (nSPS) is 10.8. The summed E-state index contributed by atoms with van der Waals surface area (Å²) in [5.74, 6) is 0.469. The number of aromatic nitrogens is 3. The van der Waals surface area contributed by atoms with Gasteiger partial charge in [-0.25, -0.2) is 0 Å². The van der Waals surface area contributed by atoms with Crippen LogP contribution in [0.25, 0.3) is 22.4 Å². The van der Waals surface area contributed by atoms with E-state index in [0.717, 1.165) is 16.5 Å². The monoisotopic (exact) mass is 275 g/mol. The zero-order chi connectivity index (χ0) is 11.0. The molecule has 1 aromatic carbocycles. The molecule has 0 bridgehead atoms. The van der Waals surface area contributed by atoms with Crippen LogP contribution in [0.3, 0.4) is 0 Å². The van der Waals surface area contributed by atoms with Crippen molar-refractivity contribution in [3.05, 3.63) is 41.3 Å². The highest BCUT2D eigenvalue weighted by Crippen LogP contribution is 2.26. The van der Waals surface area contributed by atoms with E-state index in [-0.39, 0.29) is 0 Å². The molecule has 0 amide bonds. The molecule has 0 saturated heterocycles. The van der Waals surface area contributed by atoms with Crippen LogP contribution in [-0.4, -0.2) is 15.2 Å². The molecular formula is C11H6BrN3O. The molecule has 4 nitrogen and oxygen atoms in total. The number of pyridine rings is 1. The van der Waals surface area contributed by atoms with Crippen molar-refractivity contribution in [2.75, 3.05) is 0 Å². The van der Waals surface area contributed by atoms with Gasteiger partial charge in [0.05, 0.1) is 11.1 Å². The number of rotatable bonds is 1. The molecule has 0 fully saturated rings. The average molecular weight is 276 g/mol. The molecule has 5 heteroatoms. The third-order valence-corrected chi connectivity index (χ3v) is 2.58. The second-order valence-electron chi connectivity index (χ2n) is 3.24. The average Bonchev–Trinajstić information content (AvgIpc) is 2.75. The summed E-state index contributed by atoms with van der Waals surface area (Å²) in [6.45, 7) is 0. The molecule has 3 rings (SSSR count). The molecule has 0 radical (unpaired) electrons. The maximum atomic E-state index is 5.33. The maximum Gasteiger partial charge on any atom is 0.285 e. The first-order valence-electron chi connectivity index (χ1n) is 4.68. The van der Waals surface area contributed by atoms with Gasteiger partial charge in [0.25, 0.3) is 10.7 Å². The highest BCUT2D eigenvalue weighted by molar-refractivity contribution is 9.10. The van der Waals surface area contributed by atoms with E-state index < -0.39 is 0 Å². The van der Waals surface area contributed by atoms with E-state index in [1.54, 1.807) is 6.20 Å². The molecule has 78 valence electrons. The summed E-state index contributed by atoms with van der Waals surface area (Å²) in [6, 6.07) is 9.75. The summed E-state index contributed by atoms with van der Waals surface area (Å²) in [5.41, 5.74) is 1.71. The molecule has 0 saturated carbocycles. The Morgan fingerprint density at radius 1 is 1.06 bits per heavy atom. The van der Waals surface area contributed by atoms with Crippen LogP contribution in [0.15, 0.2) is 45.7 Å². The Morgan fingerprint density at radius 2 is 1.94 bits per heavy atom. The second-order valence-corrected chi connectivity index (χ2v) is 3.92. The predicted molar refractivity (Wildman–Crippen MR) is 62.7 cm³/mol. The predicted octanol–water partition coefficient (Wildman–Crippen LogP) is 3.05. The molecular weight excluding hydrogens is 270 g/mol. The van der Waals surface area contributed by atoms with Crippen LogP contribution in [0, 0.1) is 0 Å². The molecule has 3 aromatic rings. The van der Waals surface area contributed by atoms with Gasteiger partial charge in [-0.05, 0) is 12.1 Å². The van der Waals surface area contributed by atoms with E-state index in [9.17, 15) is 0 Å². The molecule has 2 heterocycles. The highest BCUT2D eigenvalue weighted by Gasteiger charge is 2.10. The van der Waals surface area contributed by atoms with E-state index in [1.807, 2.05) is 30.3 Å². The van der Waals surface area contributed by atoms with E-state index in [2.05, 4.69) is 31.1 Å². The van der Waals surface area contributed by atoms with Gasteiger partial charge < -0.3 is 4.42 Å². The van der Waals surface area contributed by atoms with Crippen molar-refractivity contribution in [1.29, 1.82) is 0 Å². The Bertz CT molecular complexity index is 645. The van der Waals surface area contributed by atoms with Crippen molar-refractivity contribution < 1.29 is 4.42 Å². The van der Waals surface area contributed by atoms with E-state index >= 15 is 0 Å². The van der Waals surface area contributed by atoms with Gasteiger partial charge in [0.2, 0.25) is 0 Å². The Balaban J connectivity index is 2.31. The van der Waals surface area contributed by atoms with Gasteiger partial charge in [-0.2, -0.15) is 0 Å². The quantitative estimate of drug-likeness (QED) is 0.685. The van der Waals surface area contributed by atoms with Crippen molar-refractivity contribution in [3.63, 3.8) is 0 Å². The van der Waals surface area contributed by atoms with Gasteiger partial charge in [-0.1, -0.05) is 18.2 Å². The first-order chi connectivity index (χ1) is 7.84. The number of hydrogen-bond acceptors (Lipinski definition) is 4. The fraction of sp³-hybridized carbons (Fsp3) is 0. The number of nitrogens with zero attached hydrogens (tertiary/aromatic N) is 3. The minimum atomic E-state index is 0.371. The molecule has 0 unspecified atom stereocenters. The van der Waals surface area contributed by atoms with Crippen LogP contribution >= 0.6 is 15.9 Å². The standard InChI is InChI=1S/C11H6BrN3O/c12-11-15-14-10(16-11)8-5-1-3-7-4-2-6-13-9(7)8/h1-6H. The zero-order valence-electron chi connectivity index (χ0n) is 8.09. The lowest BCUT2D eigenvalue weighted by molar-refractivity contribution is 0.541. The summed E-state index contributed by atoms with van der Waals surface area (Å²) < 4.78 is 5.33. The van der Waals surface area contributed by atoms with Crippen LogP contribution in [-0.2, 0) is 0 Å². The Kier molecular flexibility index (Phi) is 2.18. The van der Waals surface area contributed by atoms with Gasteiger partial charge in [-0.15, -0.1) is 10.2 Å². The van der Waals surface area contributed by atoms with Crippen molar-refractivity contribution in [2.45, 2.75) is 0 Å². The summed E-state index contributed by atoms with van der Waals surface area (Å²) >= 11 is 3.13. The number of benzene rings is 1. The fourth-order valence-electron chi connectivity index (χ4n) is 1.59. The lowest BCUT2D eigenvalue weighted by atomic mass is 10.1. The number of fused-ring (bicyclic) bond motifs is 1. The summed E-state index contributed by atoms with van der Waals surface area (Å²) in [6.07, 6.45) is 1.75. The Labute approximate surface area is 99.5 Å². The summed E-state index contributed by atoms with van der Waals surface area (Å²) in [5, 5.41) is 8.75. The topological polar surface area (TPSA) is 51.8 Å². The Morgan fingerprint density at radius 3 is 2.75 bits per heavy atom. The molecule has 0 N–H and O–H groups in total. The van der Waals surface area contributed by atoms with Crippen LogP contribution in [0.4, 0.5) is 0 Å². The minimum Gasteiger partial charge on any atom is -0.411 e. The lowest BCUT2D eigenvalue weighted by Gasteiger charge is -2.00. The van der Waals surface area contributed by atoms with Crippen LogP contribution in [0.2, 0.25) is 0 Å². The molecule has 2 aromatic heterocycles. The van der Waals surface area contributed by atoms with Gasteiger partial charge in [0, 0.05) is 27.5 Å². The summed E-state index contributed by atoms with van der Waals surface area (Å²) in [4.78, 5) is 4.69. The largest absolute Gasteiger partial charge is 0.411 e. The van der Waals surface area contributed by atoms with Gasteiger partial charge in [0.15, 0.2) is 0 Å². The molecule has 0 aliphatic carbocycles. The number of para-hydroxylation sites is 1. The molecule has 0 aliphatic rings. The molecule has 0 spiro atoms. The van der Waals surface area contributed by atoms with Gasteiger partial charge in [0.1, 0.15) is 0 Å².